The summed E-state index contributed by atoms with van der Waals surface area (Å²) in [4.78, 5) is 15.6. The van der Waals surface area contributed by atoms with Crippen LogP contribution in [0.25, 0.3) is 132 Å². The standard InChI is InChI=1S/C63H39N5S/c1-4-14-40(15-5-1)42-24-28-44(29-25-42)61-64-62(45-30-26-43(27-31-45)41-16-6-2-7-17-41)66-63(65-61)46-32-34-51-52-35-36-53-54-39-48(67-55-22-12-10-20-49(55)50-21-11-13-23-56(50)67)33-37-58(54)69-60(53)59(52)68(57(51)38-46)47-18-8-3-9-19-47/h1-39H. The second-order valence-corrected chi connectivity index (χ2v) is 18.6. The maximum atomic E-state index is 5.24. The Kier molecular flexibility index (Phi) is 9.00. The molecule has 0 saturated heterocycles. The molecule has 0 spiro atoms. The Morgan fingerprint density at radius 1 is 0.275 bits per heavy atom. The van der Waals surface area contributed by atoms with E-state index in [0.29, 0.717) is 17.5 Å². The first-order chi connectivity index (χ1) is 34.2. The number of benzene rings is 10. The number of thiophene rings is 1. The van der Waals surface area contributed by atoms with E-state index in [0.717, 1.165) is 44.7 Å². The van der Waals surface area contributed by atoms with Gasteiger partial charge in [0.1, 0.15) is 0 Å². The summed E-state index contributed by atoms with van der Waals surface area (Å²) in [5.74, 6) is 1.86. The van der Waals surface area contributed by atoms with Gasteiger partial charge in [0.15, 0.2) is 17.5 Å². The van der Waals surface area contributed by atoms with E-state index in [4.69, 9.17) is 15.0 Å². The van der Waals surface area contributed by atoms with Gasteiger partial charge in [-0.05, 0) is 70.8 Å². The lowest BCUT2D eigenvalue weighted by molar-refractivity contribution is 1.07. The molecule has 0 radical (unpaired) electrons. The van der Waals surface area contributed by atoms with Crippen molar-refractivity contribution in [3.8, 4) is 67.8 Å². The number of fused-ring (bicyclic) bond motifs is 10. The van der Waals surface area contributed by atoms with E-state index in [9.17, 15) is 0 Å². The summed E-state index contributed by atoms with van der Waals surface area (Å²) in [5.41, 5.74) is 14.3. The maximum absolute atomic E-state index is 5.24. The summed E-state index contributed by atoms with van der Waals surface area (Å²) >= 11 is 1.86. The molecule has 0 saturated carbocycles. The average Bonchev–Trinajstić information content (AvgIpc) is 4.09. The van der Waals surface area contributed by atoms with Gasteiger partial charge in [-0.2, -0.15) is 0 Å². The highest BCUT2D eigenvalue weighted by atomic mass is 32.1. The van der Waals surface area contributed by atoms with Crippen molar-refractivity contribution in [3.63, 3.8) is 0 Å². The molecule has 69 heavy (non-hydrogen) atoms. The van der Waals surface area contributed by atoms with Crippen molar-refractivity contribution in [2.45, 2.75) is 0 Å². The molecule has 10 aromatic carbocycles. The summed E-state index contributed by atoms with van der Waals surface area (Å²) in [6.45, 7) is 0. The van der Waals surface area contributed by atoms with Crippen LogP contribution in [0.5, 0.6) is 0 Å². The fourth-order valence-corrected chi connectivity index (χ4v) is 11.5. The number of nitrogens with zero attached hydrogens (tertiary/aromatic N) is 5. The van der Waals surface area contributed by atoms with Gasteiger partial charge in [-0.15, -0.1) is 11.3 Å². The molecule has 0 aliphatic heterocycles. The van der Waals surface area contributed by atoms with Gasteiger partial charge in [0.2, 0.25) is 0 Å². The minimum atomic E-state index is 0.616. The lowest BCUT2D eigenvalue weighted by atomic mass is 10.0. The van der Waals surface area contributed by atoms with Gasteiger partial charge in [-0.1, -0.05) is 188 Å². The van der Waals surface area contributed by atoms with Crippen LogP contribution in [0, 0.1) is 0 Å². The van der Waals surface area contributed by atoms with Crippen LogP contribution >= 0.6 is 11.3 Å². The van der Waals surface area contributed by atoms with Crippen LogP contribution in [0.4, 0.5) is 0 Å². The monoisotopic (exact) mass is 897 g/mol. The zero-order valence-corrected chi connectivity index (χ0v) is 38.0. The van der Waals surface area contributed by atoms with Crippen LogP contribution in [-0.2, 0) is 0 Å². The Hall–Kier alpha value is -8.97. The van der Waals surface area contributed by atoms with Crippen molar-refractivity contribution in [1.82, 2.24) is 24.1 Å². The minimum absolute atomic E-state index is 0.616. The summed E-state index contributed by atoms with van der Waals surface area (Å²) < 4.78 is 7.36. The van der Waals surface area contributed by atoms with Gasteiger partial charge in [-0.25, -0.2) is 15.0 Å². The fraction of sp³-hybridized carbons (Fsp3) is 0. The first-order valence-corrected chi connectivity index (χ1v) is 24.1. The first-order valence-electron chi connectivity index (χ1n) is 23.3. The van der Waals surface area contributed by atoms with Crippen LogP contribution in [0.1, 0.15) is 0 Å². The third kappa shape index (κ3) is 6.49. The molecule has 0 atom stereocenters. The minimum Gasteiger partial charge on any atom is -0.309 e. The Labute approximate surface area is 401 Å². The van der Waals surface area contributed by atoms with E-state index in [1.54, 1.807) is 0 Å². The molecule has 0 aliphatic rings. The smallest absolute Gasteiger partial charge is 0.164 e. The van der Waals surface area contributed by atoms with Crippen molar-refractivity contribution >= 4 is 75.1 Å². The molecule has 0 bridgehead atoms. The highest BCUT2D eigenvalue weighted by molar-refractivity contribution is 7.26. The van der Waals surface area contributed by atoms with Gasteiger partial charge < -0.3 is 9.13 Å². The molecule has 4 heterocycles. The van der Waals surface area contributed by atoms with Crippen molar-refractivity contribution in [1.29, 1.82) is 0 Å². The predicted molar refractivity (Wildman–Crippen MR) is 289 cm³/mol. The lowest BCUT2D eigenvalue weighted by Crippen LogP contribution is -2.00. The first kappa shape index (κ1) is 39.2. The van der Waals surface area contributed by atoms with Crippen molar-refractivity contribution in [2.75, 3.05) is 0 Å². The Morgan fingerprint density at radius 3 is 1.32 bits per heavy atom. The van der Waals surface area contributed by atoms with Crippen molar-refractivity contribution in [3.05, 3.63) is 237 Å². The number of aromatic nitrogens is 5. The molecule has 6 heteroatoms. The molecule has 14 aromatic rings. The Bertz CT molecular complexity index is 4110. The molecular weight excluding hydrogens is 859 g/mol. The molecule has 0 aliphatic carbocycles. The number of hydrogen-bond donors (Lipinski definition) is 0. The van der Waals surface area contributed by atoms with Crippen LogP contribution in [0.2, 0.25) is 0 Å². The highest BCUT2D eigenvalue weighted by Gasteiger charge is 2.21. The van der Waals surface area contributed by atoms with Crippen LogP contribution < -0.4 is 0 Å². The van der Waals surface area contributed by atoms with Crippen LogP contribution in [0.15, 0.2) is 237 Å². The molecule has 0 unspecified atom stereocenters. The van der Waals surface area contributed by atoms with E-state index < -0.39 is 0 Å². The summed E-state index contributed by atoms with van der Waals surface area (Å²) in [5, 5.41) is 7.39. The van der Waals surface area contributed by atoms with E-state index in [-0.39, 0.29) is 0 Å². The number of hydrogen-bond acceptors (Lipinski definition) is 4. The molecule has 322 valence electrons. The van der Waals surface area contributed by atoms with Crippen molar-refractivity contribution < 1.29 is 0 Å². The third-order valence-electron chi connectivity index (χ3n) is 13.6. The summed E-state index contributed by atoms with van der Waals surface area (Å²) in [7, 11) is 0. The second-order valence-electron chi connectivity index (χ2n) is 17.6. The SMILES string of the molecule is c1ccc(-c2ccc(-c3nc(-c4ccc(-c5ccccc5)cc4)nc(-c4ccc5c6ccc7c8cc(-n9c%10ccccc%10c%10ccccc%109)ccc8sc7c6n(-c6ccccc6)c5c4)n3)cc2)cc1. The van der Waals surface area contributed by atoms with E-state index >= 15 is 0 Å². The van der Waals surface area contributed by atoms with E-state index in [1.165, 1.54) is 69.4 Å². The molecule has 0 amide bonds. The summed E-state index contributed by atoms with van der Waals surface area (Å²) in [6, 6.07) is 84.4. The molecule has 4 aromatic heterocycles. The second kappa shape index (κ2) is 15.8. The largest absolute Gasteiger partial charge is 0.309 e. The van der Waals surface area contributed by atoms with Crippen LogP contribution in [0.3, 0.4) is 0 Å². The lowest BCUT2D eigenvalue weighted by Gasteiger charge is -2.11. The predicted octanol–water partition coefficient (Wildman–Crippen LogP) is 16.8. The zero-order valence-electron chi connectivity index (χ0n) is 37.2. The number of para-hydroxylation sites is 3. The zero-order chi connectivity index (χ0) is 45.4. The third-order valence-corrected chi connectivity index (χ3v) is 14.8. The maximum Gasteiger partial charge on any atom is 0.164 e. The van der Waals surface area contributed by atoms with Crippen molar-refractivity contribution in [2.24, 2.45) is 0 Å². The van der Waals surface area contributed by atoms with E-state index in [2.05, 4.69) is 234 Å². The number of rotatable bonds is 7. The van der Waals surface area contributed by atoms with Gasteiger partial charge in [-0.3, -0.25) is 0 Å². The highest BCUT2D eigenvalue weighted by Crippen LogP contribution is 2.45. The average molecular weight is 898 g/mol. The molecule has 5 nitrogen and oxygen atoms in total. The molecule has 0 N–H and O–H groups in total. The fourth-order valence-electron chi connectivity index (χ4n) is 10.3. The Balaban J connectivity index is 0.950. The van der Waals surface area contributed by atoms with E-state index in [1.807, 2.05) is 23.5 Å². The summed E-state index contributed by atoms with van der Waals surface area (Å²) in [6.07, 6.45) is 0. The molecule has 0 fully saturated rings. The molecular formula is C63H39N5S. The van der Waals surface area contributed by atoms with Crippen LogP contribution in [-0.4, -0.2) is 24.1 Å². The topological polar surface area (TPSA) is 48.5 Å². The quantitative estimate of drug-likeness (QED) is 0.160. The molecule has 14 rings (SSSR count). The van der Waals surface area contributed by atoms with Gasteiger partial charge in [0.05, 0.1) is 26.8 Å². The Morgan fingerprint density at radius 2 is 0.725 bits per heavy atom. The normalized spacial score (nSPS) is 11.8. The van der Waals surface area contributed by atoms with Gasteiger partial charge in [0.25, 0.3) is 0 Å². The van der Waals surface area contributed by atoms with Gasteiger partial charge >= 0.3 is 0 Å². The van der Waals surface area contributed by atoms with Gasteiger partial charge in [0, 0.05) is 65.1 Å².